The molecule has 0 fully saturated rings. The van der Waals surface area contributed by atoms with Crippen molar-refractivity contribution in [3.05, 3.63) is 65.2 Å². The van der Waals surface area contributed by atoms with Gasteiger partial charge in [-0.15, -0.1) is 34.5 Å². The molecule has 3 rings (SSSR count). The van der Waals surface area contributed by atoms with Crippen LogP contribution in [0, 0.1) is 0 Å². The van der Waals surface area contributed by atoms with Crippen LogP contribution in [0.2, 0.25) is 0 Å². The molecule has 0 heterocycles. The summed E-state index contributed by atoms with van der Waals surface area (Å²) < 4.78 is 0. The first kappa shape index (κ1) is 21.8. The average molecular weight is 466 g/mol. The molecule has 0 aromatic heterocycles. The van der Waals surface area contributed by atoms with Gasteiger partial charge in [-0.1, -0.05) is 69.5 Å². The molecule has 0 spiro atoms. The van der Waals surface area contributed by atoms with Crippen LogP contribution in [0.3, 0.4) is 0 Å². The van der Waals surface area contributed by atoms with E-state index < -0.39 is 20.8 Å². The summed E-state index contributed by atoms with van der Waals surface area (Å²) in [7, 11) is 9.87. The molecule has 0 N–H and O–H groups in total. The van der Waals surface area contributed by atoms with E-state index in [1.807, 2.05) is 0 Å². The summed E-state index contributed by atoms with van der Waals surface area (Å²) in [5, 5.41) is 2.82. The summed E-state index contributed by atoms with van der Waals surface area (Å²) >= 11 is -0.826. The number of benzene rings is 2. The van der Waals surface area contributed by atoms with Gasteiger partial charge in [-0.05, 0) is 29.9 Å². The average Bonchev–Trinajstić information content (AvgIpc) is 3.06. The van der Waals surface area contributed by atoms with Crippen molar-refractivity contribution in [2.75, 3.05) is 0 Å². The van der Waals surface area contributed by atoms with Crippen LogP contribution in [0.5, 0.6) is 0 Å². The van der Waals surface area contributed by atoms with Crippen molar-refractivity contribution in [3.8, 4) is 11.1 Å². The Bertz CT molecular complexity index is 833. The molecule has 3 aromatic rings. The van der Waals surface area contributed by atoms with Gasteiger partial charge in [-0.25, -0.2) is 0 Å². The molecule has 0 aliphatic rings. The number of rotatable bonds is 5. The molecule has 0 bridgehead atoms. The van der Waals surface area contributed by atoms with Gasteiger partial charge in [0.2, 0.25) is 0 Å². The number of halogens is 2. The van der Waals surface area contributed by atoms with E-state index in [9.17, 15) is 0 Å². The van der Waals surface area contributed by atoms with Crippen molar-refractivity contribution in [3.63, 3.8) is 0 Å². The summed E-state index contributed by atoms with van der Waals surface area (Å²) in [5.41, 5.74) is 7.27. The zero-order chi connectivity index (χ0) is 19.1. The second kappa shape index (κ2) is 10.7. The summed E-state index contributed by atoms with van der Waals surface area (Å²) in [6.45, 7) is 9.09. The molecule has 3 heteroatoms. The molecule has 0 amide bonds. The van der Waals surface area contributed by atoms with Crippen LogP contribution < -0.4 is 0 Å². The van der Waals surface area contributed by atoms with Crippen LogP contribution >= 0.6 is 17.0 Å². The maximum atomic E-state index is 4.93. The van der Waals surface area contributed by atoms with Gasteiger partial charge in [-0.3, -0.25) is 0 Å². The van der Waals surface area contributed by atoms with Crippen molar-refractivity contribution < 1.29 is 20.8 Å². The van der Waals surface area contributed by atoms with E-state index in [-0.39, 0.29) is 0 Å². The fourth-order valence-electron chi connectivity index (χ4n) is 3.62. The van der Waals surface area contributed by atoms with Crippen LogP contribution in [0.15, 0.2) is 48.5 Å². The molecule has 0 aliphatic carbocycles. The molecule has 0 saturated heterocycles. The molecule has 0 nitrogen and oxygen atoms in total. The number of aryl methyl sites for hydroxylation is 2. The summed E-state index contributed by atoms with van der Waals surface area (Å²) in [6.07, 6.45) is 3.43. The van der Waals surface area contributed by atoms with Crippen molar-refractivity contribution in [2.24, 2.45) is 0 Å². The van der Waals surface area contributed by atoms with Gasteiger partial charge in [0.25, 0.3) is 0 Å². The van der Waals surface area contributed by atoms with E-state index in [1.165, 1.54) is 45.0 Å². The Kier molecular flexibility index (Phi) is 9.01. The summed E-state index contributed by atoms with van der Waals surface area (Å²) in [6, 6.07) is 18.4. The van der Waals surface area contributed by atoms with Crippen molar-refractivity contribution in [2.45, 2.75) is 52.9 Å². The van der Waals surface area contributed by atoms with E-state index in [0.717, 1.165) is 12.8 Å². The quantitative estimate of drug-likeness (QED) is 0.333. The number of fused-ring (bicyclic) bond motifs is 1. The molecule has 0 radical (unpaired) electrons. The molecule has 138 valence electrons. The third kappa shape index (κ3) is 5.06. The van der Waals surface area contributed by atoms with E-state index in [0.29, 0.717) is 5.92 Å². The van der Waals surface area contributed by atoms with Crippen molar-refractivity contribution in [1.82, 2.24) is 0 Å². The molecule has 0 saturated carbocycles. The van der Waals surface area contributed by atoms with Crippen LogP contribution in [-0.2, 0) is 33.7 Å². The fourth-order valence-corrected chi connectivity index (χ4v) is 3.62. The summed E-state index contributed by atoms with van der Waals surface area (Å²) in [5.74, 6) is 0.538. The van der Waals surface area contributed by atoms with Crippen LogP contribution in [0.25, 0.3) is 21.9 Å². The summed E-state index contributed by atoms with van der Waals surface area (Å²) in [4.78, 5) is 0. The molecule has 26 heavy (non-hydrogen) atoms. The van der Waals surface area contributed by atoms with Crippen molar-refractivity contribution in [1.29, 1.82) is 0 Å². The monoisotopic (exact) mass is 463 g/mol. The Labute approximate surface area is 176 Å². The first-order valence-electron chi connectivity index (χ1n) is 9.34. The third-order valence-corrected chi connectivity index (χ3v) is 4.82. The molecule has 3 aromatic carbocycles. The first-order valence-corrected chi connectivity index (χ1v) is 15.7. The van der Waals surface area contributed by atoms with Gasteiger partial charge in [0, 0.05) is 0 Å². The normalized spacial score (nSPS) is 10.7. The van der Waals surface area contributed by atoms with E-state index in [1.54, 1.807) is 0 Å². The SMILES string of the molecule is CCCc1ccc2[cH-]c(CC)cc2c1-c1ccccc1C(C)C.[Cl][Zr][Cl]. The Morgan fingerprint density at radius 3 is 2.35 bits per heavy atom. The molecule has 0 unspecified atom stereocenters. The van der Waals surface area contributed by atoms with E-state index in [2.05, 4.69) is 76.2 Å². The van der Waals surface area contributed by atoms with Gasteiger partial charge in [0.1, 0.15) is 0 Å². The predicted octanol–water partition coefficient (Wildman–Crippen LogP) is 8.24. The Hall–Kier alpha value is -0.487. The van der Waals surface area contributed by atoms with E-state index in [4.69, 9.17) is 17.0 Å². The van der Waals surface area contributed by atoms with E-state index >= 15 is 0 Å². The molecule has 0 atom stereocenters. The minimum absolute atomic E-state index is 0.538. The second-order valence-electron chi connectivity index (χ2n) is 6.88. The zero-order valence-electron chi connectivity index (χ0n) is 16.1. The standard InChI is InChI=1S/C23H27.2ClH.Zr/c1-5-9-18-12-13-19-14-17(6-2)15-22(19)23(18)21-11-8-7-10-20(21)16(3)4;;;/h7-8,10-16H,5-6,9H2,1-4H3;2*1H;/q-1;;;+2/p-2. The fraction of sp³-hybridized carbons (Fsp3) is 0.348. The predicted molar refractivity (Wildman–Crippen MR) is 114 cm³/mol. The Balaban J connectivity index is 0.000000758. The maximum absolute atomic E-state index is 4.93. The van der Waals surface area contributed by atoms with Gasteiger partial charge < -0.3 is 0 Å². The third-order valence-electron chi connectivity index (χ3n) is 4.82. The molecular formula is C23H27Cl2Zr-. The molecular weight excluding hydrogens is 438 g/mol. The second-order valence-corrected chi connectivity index (χ2v) is 10.6. The molecule has 0 aliphatic heterocycles. The Morgan fingerprint density at radius 2 is 1.73 bits per heavy atom. The number of hydrogen-bond acceptors (Lipinski definition) is 0. The first-order chi connectivity index (χ1) is 12.6. The minimum atomic E-state index is -0.826. The Morgan fingerprint density at radius 1 is 1.04 bits per heavy atom. The van der Waals surface area contributed by atoms with Gasteiger partial charge in [0.15, 0.2) is 0 Å². The van der Waals surface area contributed by atoms with Crippen LogP contribution in [0.4, 0.5) is 0 Å². The van der Waals surface area contributed by atoms with Crippen LogP contribution in [-0.4, -0.2) is 0 Å². The van der Waals surface area contributed by atoms with Gasteiger partial charge in [0.05, 0.1) is 0 Å². The van der Waals surface area contributed by atoms with Gasteiger partial charge in [-0.2, -0.15) is 6.07 Å². The van der Waals surface area contributed by atoms with Crippen LogP contribution in [0.1, 0.15) is 56.7 Å². The zero-order valence-corrected chi connectivity index (χ0v) is 20.0. The van der Waals surface area contributed by atoms with Crippen molar-refractivity contribution >= 4 is 27.8 Å². The topological polar surface area (TPSA) is 0 Å². The van der Waals surface area contributed by atoms with Gasteiger partial charge >= 0.3 is 37.9 Å². The number of hydrogen-bond donors (Lipinski definition) is 0.